The van der Waals surface area contributed by atoms with Gasteiger partial charge in [-0.25, -0.2) is 13.8 Å². The van der Waals surface area contributed by atoms with Crippen molar-refractivity contribution >= 4 is 0 Å². The van der Waals surface area contributed by atoms with Crippen LogP contribution in [0.25, 0.3) is 11.3 Å². The third-order valence-corrected chi connectivity index (χ3v) is 4.21. The number of hydrogen-bond donors (Lipinski definition) is 1. The molecule has 27 heavy (non-hydrogen) atoms. The molecule has 1 aliphatic rings. The van der Waals surface area contributed by atoms with E-state index in [4.69, 9.17) is 4.74 Å². The van der Waals surface area contributed by atoms with E-state index in [1.807, 2.05) is 0 Å². The minimum Gasteiger partial charge on any atom is -0.487 e. The number of allylic oxidation sites excluding steroid dienone is 1. The summed E-state index contributed by atoms with van der Waals surface area (Å²) in [7, 11) is 0. The summed E-state index contributed by atoms with van der Waals surface area (Å²) in [5.74, 6) is -2.34. The van der Waals surface area contributed by atoms with Gasteiger partial charge in [-0.2, -0.15) is 13.2 Å². The average molecular weight is 384 g/mol. The second-order valence-corrected chi connectivity index (χ2v) is 6.10. The van der Waals surface area contributed by atoms with E-state index in [0.29, 0.717) is 5.56 Å². The van der Waals surface area contributed by atoms with Crippen LogP contribution in [0.15, 0.2) is 42.6 Å². The van der Waals surface area contributed by atoms with E-state index in [1.54, 1.807) is 13.0 Å². The molecular formula is C19H17F5N2O. The van der Waals surface area contributed by atoms with Gasteiger partial charge >= 0.3 is 6.18 Å². The van der Waals surface area contributed by atoms with Crippen molar-refractivity contribution in [3.63, 3.8) is 0 Å². The number of nitrogens with zero attached hydrogens (tertiary/aromatic N) is 1. The lowest BCUT2D eigenvalue weighted by Gasteiger charge is -2.21. The summed E-state index contributed by atoms with van der Waals surface area (Å²) in [6.07, 6.45) is -3.16. The fourth-order valence-corrected chi connectivity index (χ4v) is 2.88. The average Bonchev–Trinajstić information content (AvgIpc) is 2.99. The Kier molecular flexibility index (Phi) is 5.34. The monoisotopic (exact) mass is 384 g/mol. The Bertz CT molecular complexity index is 833. The van der Waals surface area contributed by atoms with Gasteiger partial charge in [0.2, 0.25) is 0 Å². The van der Waals surface area contributed by atoms with Crippen molar-refractivity contribution in [3.8, 4) is 17.0 Å². The minimum absolute atomic E-state index is 0.0274. The zero-order chi connectivity index (χ0) is 19.6. The number of ether oxygens (including phenoxy) is 1. The lowest BCUT2D eigenvalue weighted by molar-refractivity contribution is -0.149. The highest BCUT2D eigenvalue weighted by Gasteiger charge is 2.43. The van der Waals surface area contributed by atoms with Crippen LogP contribution in [0.1, 0.15) is 30.3 Å². The van der Waals surface area contributed by atoms with Crippen molar-refractivity contribution in [2.24, 2.45) is 0 Å². The fraction of sp³-hybridized carbons (Fsp3) is 0.316. The van der Waals surface area contributed by atoms with Crippen molar-refractivity contribution in [1.82, 2.24) is 10.3 Å². The largest absolute Gasteiger partial charge is 0.487 e. The summed E-state index contributed by atoms with van der Waals surface area (Å²) < 4.78 is 73.5. The molecule has 0 spiro atoms. The van der Waals surface area contributed by atoms with Crippen molar-refractivity contribution < 1.29 is 26.7 Å². The highest BCUT2D eigenvalue weighted by molar-refractivity contribution is 5.69. The maximum atomic E-state index is 14.2. The van der Waals surface area contributed by atoms with Crippen molar-refractivity contribution in [3.05, 3.63) is 59.7 Å². The summed E-state index contributed by atoms with van der Waals surface area (Å²) in [6.45, 7) is 0.934. The van der Waals surface area contributed by atoms with E-state index in [2.05, 4.69) is 10.3 Å². The van der Waals surface area contributed by atoms with Crippen molar-refractivity contribution in [1.29, 1.82) is 0 Å². The number of halogens is 5. The van der Waals surface area contributed by atoms with Crippen LogP contribution in [0.3, 0.4) is 0 Å². The summed E-state index contributed by atoms with van der Waals surface area (Å²) in [5, 5.41) is 2.57. The van der Waals surface area contributed by atoms with Gasteiger partial charge in [-0.3, -0.25) is 0 Å². The minimum atomic E-state index is -4.58. The molecule has 0 saturated heterocycles. The summed E-state index contributed by atoms with van der Waals surface area (Å²) in [6, 6.07) is 6.17. The van der Waals surface area contributed by atoms with Gasteiger partial charge < -0.3 is 10.1 Å². The van der Waals surface area contributed by atoms with Gasteiger partial charge in [-0.15, -0.1) is 0 Å². The summed E-state index contributed by atoms with van der Waals surface area (Å²) in [4.78, 5) is 4.13. The van der Waals surface area contributed by atoms with E-state index >= 15 is 0 Å². The number of pyridine rings is 1. The van der Waals surface area contributed by atoms with E-state index in [1.165, 1.54) is 18.3 Å². The topological polar surface area (TPSA) is 34.2 Å². The lowest BCUT2D eigenvalue weighted by atomic mass is 9.98. The molecule has 0 bridgehead atoms. The van der Waals surface area contributed by atoms with E-state index < -0.39 is 30.6 Å². The van der Waals surface area contributed by atoms with Gasteiger partial charge in [0.05, 0.1) is 5.69 Å². The van der Waals surface area contributed by atoms with Crippen molar-refractivity contribution in [2.45, 2.75) is 25.2 Å². The smallest absolute Gasteiger partial charge is 0.398 e. The second-order valence-electron chi connectivity index (χ2n) is 6.10. The maximum absolute atomic E-state index is 14.2. The first-order valence-electron chi connectivity index (χ1n) is 8.30. The molecule has 0 aliphatic carbocycles. The third kappa shape index (κ3) is 4.04. The molecule has 2 atom stereocenters. The summed E-state index contributed by atoms with van der Waals surface area (Å²) in [5.41, 5.74) is 0.138. The van der Waals surface area contributed by atoms with Crippen LogP contribution in [0.4, 0.5) is 22.0 Å². The zero-order valence-corrected chi connectivity index (χ0v) is 14.4. The number of fused-ring (bicyclic) bond motifs is 1. The molecule has 8 heteroatoms. The Balaban J connectivity index is 2.11. The molecule has 0 saturated carbocycles. The second kappa shape index (κ2) is 7.54. The van der Waals surface area contributed by atoms with Gasteiger partial charge in [0.25, 0.3) is 0 Å². The molecule has 3 nitrogen and oxygen atoms in total. The van der Waals surface area contributed by atoms with E-state index in [0.717, 1.165) is 18.2 Å². The van der Waals surface area contributed by atoms with Crippen LogP contribution in [-0.2, 0) is 0 Å². The van der Waals surface area contributed by atoms with Crippen LogP contribution in [0.2, 0.25) is 0 Å². The Morgan fingerprint density at radius 2 is 2.00 bits per heavy atom. The van der Waals surface area contributed by atoms with Crippen LogP contribution >= 0.6 is 0 Å². The van der Waals surface area contributed by atoms with Crippen LogP contribution in [0.5, 0.6) is 5.75 Å². The number of rotatable bonds is 5. The van der Waals surface area contributed by atoms with Gasteiger partial charge in [0.15, 0.2) is 11.9 Å². The molecule has 0 radical (unpaired) electrons. The van der Waals surface area contributed by atoms with Crippen molar-refractivity contribution in [2.75, 3.05) is 13.2 Å². The van der Waals surface area contributed by atoms with Gasteiger partial charge in [0, 0.05) is 17.7 Å². The van der Waals surface area contributed by atoms with Crippen LogP contribution in [-0.4, -0.2) is 24.3 Å². The molecule has 2 heterocycles. The first-order valence-corrected chi connectivity index (χ1v) is 8.30. The van der Waals surface area contributed by atoms with Gasteiger partial charge in [0.1, 0.15) is 24.0 Å². The first kappa shape index (κ1) is 19.1. The molecule has 1 N–H and O–H groups in total. The number of hydrogen-bond acceptors (Lipinski definition) is 3. The molecule has 1 aromatic carbocycles. The predicted molar refractivity (Wildman–Crippen MR) is 90.6 cm³/mol. The molecule has 1 aliphatic heterocycles. The quantitative estimate of drug-likeness (QED) is 0.732. The molecular weight excluding hydrogens is 367 g/mol. The fourth-order valence-electron chi connectivity index (χ4n) is 2.88. The number of nitrogens with one attached hydrogen (secondary N) is 1. The zero-order valence-electron chi connectivity index (χ0n) is 14.4. The molecule has 0 fully saturated rings. The predicted octanol–water partition coefficient (Wildman–Crippen LogP) is 5.06. The highest BCUT2D eigenvalue weighted by Crippen LogP contribution is 2.44. The molecule has 2 unspecified atom stereocenters. The van der Waals surface area contributed by atoms with Crippen LogP contribution < -0.4 is 10.1 Å². The van der Waals surface area contributed by atoms with Crippen LogP contribution in [0, 0.1) is 5.82 Å². The number of aromatic nitrogens is 1. The normalized spacial score (nSPS) is 17.6. The maximum Gasteiger partial charge on any atom is 0.398 e. The SMILES string of the molecule is C/C=C/NCC(c1cc2c(c(-c3ccc(F)cc3)n1)OCC2F)C(F)(F)F. The van der Waals surface area contributed by atoms with E-state index in [9.17, 15) is 22.0 Å². The lowest BCUT2D eigenvalue weighted by Crippen LogP contribution is -2.30. The standard InChI is InChI=1S/C19H17F5N2O/c1-2-7-25-9-14(19(22,23)24)16-8-13-15(21)10-27-18(13)17(26-16)11-3-5-12(20)6-4-11/h2-8,14-15,25H,9-10H2,1H3/b7-2+. The molecule has 144 valence electrons. The third-order valence-electron chi connectivity index (χ3n) is 4.21. The molecule has 1 aromatic heterocycles. The Labute approximate surface area is 152 Å². The molecule has 0 amide bonds. The molecule has 2 aromatic rings. The molecule has 3 rings (SSSR count). The first-order chi connectivity index (χ1) is 12.8. The summed E-state index contributed by atoms with van der Waals surface area (Å²) >= 11 is 0. The highest BCUT2D eigenvalue weighted by atomic mass is 19.4. The number of alkyl halides is 4. The Morgan fingerprint density at radius 1 is 1.30 bits per heavy atom. The van der Waals surface area contributed by atoms with Gasteiger partial charge in [-0.1, -0.05) is 6.08 Å². The number of benzene rings is 1. The Hall–Kier alpha value is -2.64. The Morgan fingerprint density at radius 3 is 2.63 bits per heavy atom. The van der Waals surface area contributed by atoms with Gasteiger partial charge in [-0.05, 0) is 43.5 Å². The van der Waals surface area contributed by atoms with E-state index in [-0.39, 0.29) is 29.3 Å².